The first-order valence-electron chi connectivity index (χ1n) is 4.61. The van der Waals surface area contributed by atoms with Gasteiger partial charge in [-0.2, -0.15) is 5.26 Å². The van der Waals surface area contributed by atoms with E-state index in [0.29, 0.717) is 0 Å². The van der Waals surface area contributed by atoms with Crippen molar-refractivity contribution in [2.75, 3.05) is 0 Å². The summed E-state index contributed by atoms with van der Waals surface area (Å²) in [5, 5.41) is 8.70. The molecule has 0 saturated carbocycles. The number of alkyl halides is 2. The molecule has 0 aliphatic carbocycles. The summed E-state index contributed by atoms with van der Waals surface area (Å²) < 4.78 is 48.4. The smallest absolute Gasteiger partial charge is 0.207 e. The first kappa shape index (κ1) is 13.9. The Kier molecular flexibility index (Phi) is 4.07. The van der Waals surface area contributed by atoms with Crippen LogP contribution in [0, 0.1) is 11.3 Å². The van der Waals surface area contributed by atoms with Crippen LogP contribution in [0.15, 0.2) is 17.0 Å². The lowest BCUT2D eigenvalue weighted by Crippen LogP contribution is -2.06. The summed E-state index contributed by atoms with van der Waals surface area (Å²) in [6, 6.07) is 4.03. The number of rotatable bonds is 3. The molecule has 0 heterocycles. The molecule has 0 aliphatic heterocycles. The molecule has 92 valence electrons. The highest BCUT2D eigenvalue weighted by Crippen LogP contribution is 2.34. The van der Waals surface area contributed by atoms with Crippen molar-refractivity contribution in [3.05, 3.63) is 28.8 Å². The minimum Gasteiger partial charge on any atom is -0.207 e. The quantitative estimate of drug-likeness (QED) is 0.799. The van der Waals surface area contributed by atoms with E-state index in [9.17, 15) is 17.2 Å². The molecule has 0 unspecified atom stereocenters. The molecule has 0 saturated heterocycles. The second-order valence-corrected chi connectivity index (χ2v) is 5.72. The van der Waals surface area contributed by atoms with Crippen molar-refractivity contribution in [3.8, 4) is 6.07 Å². The monoisotopic (exact) mass is 279 g/mol. The van der Waals surface area contributed by atoms with Crippen LogP contribution in [0.4, 0.5) is 8.78 Å². The second kappa shape index (κ2) is 4.98. The lowest BCUT2D eigenvalue weighted by atomic mass is 10.0. The Morgan fingerprint density at radius 2 is 2.06 bits per heavy atom. The fraction of sp³-hybridized carbons (Fsp3) is 0.300. The van der Waals surface area contributed by atoms with Gasteiger partial charge >= 0.3 is 0 Å². The highest BCUT2D eigenvalue weighted by molar-refractivity contribution is 8.13. The number of nitriles is 1. The van der Waals surface area contributed by atoms with E-state index in [1.165, 1.54) is 18.2 Å². The lowest BCUT2D eigenvalue weighted by Gasteiger charge is -2.12. The van der Waals surface area contributed by atoms with Crippen LogP contribution in [-0.4, -0.2) is 8.42 Å². The topological polar surface area (TPSA) is 57.9 Å². The number of halogens is 3. The molecule has 0 N–H and O–H groups in total. The molecule has 0 fully saturated rings. The molecule has 0 radical (unpaired) electrons. The Morgan fingerprint density at radius 3 is 2.41 bits per heavy atom. The van der Waals surface area contributed by atoms with Crippen molar-refractivity contribution in [3.63, 3.8) is 0 Å². The maximum atomic E-state index is 12.8. The van der Waals surface area contributed by atoms with Gasteiger partial charge in [0.2, 0.25) is 0 Å². The van der Waals surface area contributed by atoms with Gasteiger partial charge in [-0.05, 0) is 18.1 Å². The molecule has 0 bridgehead atoms. The van der Waals surface area contributed by atoms with E-state index in [0.717, 1.165) is 0 Å². The maximum Gasteiger partial charge on any atom is 0.266 e. The van der Waals surface area contributed by atoms with Gasteiger partial charge in [-0.15, -0.1) is 0 Å². The summed E-state index contributed by atoms with van der Waals surface area (Å²) in [5.41, 5.74) is -1.02. The molecule has 3 nitrogen and oxygen atoms in total. The summed E-state index contributed by atoms with van der Waals surface area (Å²) in [6.45, 7) is 1.61. The van der Waals surface area contributed by atoms with E-state index in [4.69, 9.17) is 15.9 Å². The first-order valence-corrected chi connectivity index (χ1v) is 6.92. The molecule has 0 aliphatic rings. The third-order valence-corrected chi connectivity index (χ3v) is 3.67. The standard InChI is InChI=1S/C10H8ClF2NO2S/c1-2-6-3-4-7(5-14)8(10(12)13)9(6)17(11,15)16/h3-4,10H,2H2,1H3. The molecule has 0 aromatic heterocycles. The zero-order chi connectivity index (χ0) is 13.2. The van der Waals surface area contributed by atoms with Crippen LogP contribution in [0.2, 0.25) is 0 Å². The minimum absolute atomic E-state index is 0.175. The van der Waals surface area contributed by atoms with Crippen LogP contribution < -0.4 is 0 Å². The molecule has 0 atom stereocenters. The molecule has 0 spiro atoms. The van der Waals surface area contributed by atoms with Crippen molar-refractivity contribution in [2.45, 2.75) is 24.7 Å². The lowest BCUT2D eigenvalue weighted by molar-refractivity contribution is 0.147. The van der Waals surface area contributed by atoms with E-state index >= 15 is 0 Å². The maximum absolute atomic E-state index is 12.8. The normalized spacial score (nSPS) is 11.5. The molecule has 1 rings (SSSR count). The summed E-state index contributed by atoms with van der Waals surface area (Å²) >= 11 is 0. The fourth-order valence-electron chi connectivity index (χ4n) is 1.53. The molecule has 1 aromatic carbocycles. The highest BCUT2D eigenvalue weighted by atomic mass is 35.7. The molecule has 0 amide bonds. The SMILES string of the molecule is CCc1ccc(C#N)c(C(F)F)c1S(=O)(=O)Cl. The Balaban J connectivity index is 3.80. The number of benzene rings is 1. The Labute approximate surface area is 102 Å². The van der Waals surface area contributed by atoms with Crippen molar-refractivity contribution in [1.82, 2.24) is 0 Å². The fourth-order valence-corrected chi connectivity index (χ4v) is 3.06. The van der Waals surface area contributed by atoms with Gasteiger partial charge in [0, 0.05) is 10.7 Å². The number of nitrogens with zero attached hydrogens (tertiary/aromatic N) is 1. The summed E-state index contributed by atoms with van der Waals surface area (Å²) in [6.07, 6.45) is -2.84. The first-order chi connectivity index (χ1) is 7.82. The zero-order valence-corrected chi connectivity index (χ0v) is 10.3. The molecule has 17 heavy (non-hydrogen) atoms. The summed E-state index contributed by atoms with van der Waals surface area (Å²) in [5.74, 6) is 0. The van der Waals surface area contributed by atoms with Crippen molar-refractivity contribution >= 4 is 19.7 Å². The predicted molar refractivity (Wildman–Crippen MR) is 58.5 cm³/mol. The minimum atomic E-state index is -4.31. The van der Waals surface area contributed by atoms with E-state index in [1.807, 2.05) is 0 Å². The van der Waals surface area contributed by atoms with Gasteiger partial charge in [0.05, 0.1) is 22.1 Å². The van der Waals surface area contributed by atoms with Crippen LogP contribution in [0.3, 0.4) is 0 Å². The third kappa shape index (κ3) is 2.73. The molecular formula is C10H8ClF2NO2S. The van der Waals surface area contributed by atoms with Crippen molar-refractivity contribution < 1.29 is 17.2 Å². The molecule has 1 aromatic rings. The van der Waals surface area contributed by atoms with Crippen molar-refractivity contribution in [1.29, 1.82) is 5.26 Å². The van der Waals surface area contributed by atoms with Gasteiger partial charge in [0.15, 0.2) is 0 Å². The Bertz CT molecular complexity index is 579. The van der Waals surface area contributed by atoms with Gasteiger partial charge in [0.25, 0.3) is 15.5 Å². The number of hydrogen-bond acceptors (Lipinski definition) is 3. The Hall–Kier alpha value is -1.19. The van der Waals surface area contributed by atoms with E-state index in [-0.39, 0.29) is 17.5 Å². The largest absolute Gasteiger partial charge is 0.266 e. The van der Waals surface area contributed by atoms with Crippen LogP contribution in [0.25, 0.3) is 0 Å². The van der Waals surface area contributed by atoms with E-state index < -0.39 is 25.9 Å². The van der Waals surface area contributed by atoms with Gasteiger partial charge in [-0.25, -0.2) is 17.2 Å². The zero-order valence-electron chi connectivity index (χ0n) is 8.75. The van der Waals surface area contributed by atoms with E-state index in [1.54, 1.807) is 6.92 Å². The number of hydrogen-bond donors (Lipinski definition) is 0. The third-order valence-electron chi connectivity index (χ3n) is 2.24. The molecular weight excluding hydrogens is 272 g/mol. The van der Waals surface area contributed by atoms with E-state index in [2.05, 4.69) is 0 Å². The van der Waals surface area contributed by atoms with Crippen LogP contribution >= 0.6 is 10.7 Å². The van der Waals surface area contributed by atoms with Crippen molar-refractivity contribution in [2.24, 2.45) is 0 Å². The average Bonchev–Trinajstić information content (AvgIpc) is 2.25. The summed E-state index contributed by atoms with van der Waals surface area (Å²) in [7, 11) is 0.837. The van der Waals surface area contributed by atoms with Gasteiger partial charge in [0.1, 0.15) is 0 Å². The second-order valence-electron chi connectivity index (χ2n) is 3.22. The van der Waals surface area contributed by atoms with Crippen LogP contribution in [0.5, 0.6) is 0 Å². The van der Waals surface area contributed by atoms with Gasteiger partial charge < -0.3 is 0 Å². The summed E-state index contributed by atoms with van der Waals surface area (Å²) in [4.78, 5) is -0.643. The highest BCUT2D eigenvalue weighted by Gasteiger charge is 2.27. The van der Waals surface area contributed by atoms with Gasteiger partial charge in [-0.3, -0.25) is 0 Å². The van der Waals surface area contributed by atoms with Crippen LogP contribution in [-0.2, 0) is 15.5 Å². The predicted octanol–water partition coefficient (Wildman–Crippen LogP) is 2.99. The Morgan fingerprint density at radius 1 is 1.47 bits per heavy atom. The molecule has 7 heteroatoms. The number of aryl methyl sites for hydroxylation is 1. The van der Waals surface area contributed by atoms with Gasteiger partial charge in [-0.1, -0.05) is 13.0 Å². The van der Waals surface area contributed by atoms with Crippen LogP contribution in [0.1, 0.15) is 30.0 Å². The average molecular weight is 280 g/mol.